The number of fused-ring (bicyclic) bond motifs is 1. The highest BCUT2D eigenvalue weighted by molar-refractivity contribution is 14.0. The van der Waals surface area contributed by atoms with Gasteiger partial charge in [0.2, 0.25) is 0 Å². The number of pyridine rings is 1. The SMILES string of the molecule is CCNC(=NCc1ccnc2ccccc12)NCC(O)c1ccc(Cl)s1.I. The molecule has 2 aromatic heterocycles. The second-order valence-electron chi connectivity index (χ2n) is 5.72. The van der Waals surface area contributed by atoms with E-state index in [-0.39, 0.29) is 24.0 Å². The number of hydrogen-bond acceptors (Lipinski definition) is 4. The van der Waals surface area contributed by atoms with Gasteiger partial charge >= 0.3 is 0 Å². The zero-order chi connectivity index (χ0) is 18.4. The Labute approximate surface area is 184 Å². The number of halogens is 2. The van der Waals surface area contributed by atoms with E-state index in [0.717, 1.165) is 27.9 Å². The van der Waals surface area contributed by atoms with Gasteiger partial charge in [-0.1, -0.05) is 29.8 Å². The molecule has 3 N–H and O–H groups in total. The highest BCUT2D eigenvalue weighted by Crippen LogP contribution is 2.26. The van der Waals surface area contributed by atoms with Crippen molar-refractivity contribution in [2.75, 3.05) is 13.1 Å². The lowest BCUT2D eigenvalue weighted by Gasteiger charge is -2.14. The number of rotatable bonds is 6. The lowest BCUT2D eigenvalue weighted by atomic mass is 10.1. The number of nitrogens with zero attached hydrogens (tertiary/aromatic N) is 2. The molecule has 0 fully saturated rings. The van der Waals surface area contributed by atoms with E-state index in [0.29, 0.717) is 23.4 Å². The van der Waals surface area contributed by atoms with Crippen molar-refractivity contribution < 1.29 is 5.11 Å². The molecule has 1 unspecified atom stereocenters. The average molecular weight is 517 g/mol. The number of benzene rings is 1. The standard InChI is InChI=1S/C19H21ClN4OS.HI/c1-2-21-19(24-12-16(25)17-7-8-18(20)26-17)23-11-13-9-10-22-15-6-4-3-5-14(13)15;/h3-10,16,25H,2,11-12H2,1H3,(H2,21,23,24);1H. The summed E-state index contributed by atoms with van der Waals surface area (Å²) in [6, 6.07) is 13.6. The lowest BCUT2D eigenvalue weighted by molar-refractivity contribution is 0.184. The van der Waals surface area contributed by atoms with Crippen LogP contribution < -0.4 is 10.6 Å². The fraction of sp³-hybridized carbons (Fsp3) is 0.263. The first-order valence-corrected chi connectivity index (χ1v) is 9.65. The first-order chi connectivity index (χ1) is 12.7. The van der Waals surface area contributed by atoms with E-state index in [1.165, 1.54) is 11.3 Å². The molecule has 0 saturated heterocycles. The summed E-state index contributed by atoms with van der Waals surface area (Å²) >= 11 is 7.31. The van der Waals surface area contributed by atoms with Crippen LogP contribution in [0.4, 0.5) is 0 Å². The molecule has 5 nitrogen and oxygen atoms in total. The van der Waals surface area contributed by atoms with Crippen molar-refractivity contribution in [3.63, 3.8) is 0 Å². The summed E-state index contributed by atoms with van der Waals surface area (Å²) < 4.78 is 0.671. The number of nitrogens with one attached hydrogen (secondary N) is 2. The molecule has 144 valence electrons. The van der Waals surface area contributed by atoms with Gasteiger partial charge in [0.05, 0.1) is 16.4 Å². The molecule has 1 aromatic carbocycles. The van der Waals surface area contributed by atoms with E-state index < -0.39 is 6.10 Å². The fourth-order valence-corrected chi connectivity index (χ4v) is 3.65. The second-order valence-corrected chi connectivity index (χ2v) is 7.47. The predicted molar refractivity (Wildman–Crippen MR) is 124 cm³/mol. The molecule has 8 heteroatoms. The second kappa shape index (κ2) is 10.8. The van der Waals surface area contributed by atoms with Crippen molar-refractivity contribution >= 4 is 63.8 Å². The van der Waals surface area contributed by atoms with Crippen LogP contribution in [0.5, 0.6) is 0 Å². The average Bonchev–Trinajstić information content (AvgIpc) is 3.10. The van der Waals surface area contributed by atoms with Crippen molar-refractivity contribution in [1.82, 2.24) is 15.6 Å². The summed E-state index contributed by atoms with van der Waals surface area (Å²) in [4.78, 5) is 9.85. The quantitative estimate of drug-likeness (QED) is 0.259. The van der Waals surface area contributed by atoms with E-state index in [2.05, 4.69) is 26.7 Å². The predicted octanol–water partition coefficient (Wildman–Crippen LogP) is 4.36. The summed E-state index contributed by atoms with van der Waals surface area (Å²) in [5, 5.41) is 17.8. The molecule has 0 aliphatic heterocycles. The highest BCUT2D eigenvalue weighted by atomic mass is 127. The van der Waals surface area contributed by atoms with Crippen molar-refractivity contribution in [3.05, 3.63) is 63.4 Å². The molecule has 1 atom stereocenters. The summed E-state index contributed by atoms with van der Waals surface area (Å²) in [7, 11) is 0. The smallest absolute Gasteiger partial charge is 0.191 e. The maximum absolute atomic E-state index is 10.3. The van der Waals surface area contributed by atoms with Crippen LogP contribution in [-0.2, 0) is 6.54 Å². The first kappa shape index (κ1) is 21.9. The van der Waals surface area contributed by atoms with Crippen molar-refractivity contribution in [2.45, 2.75) is 19.6 Å². The minimum Gasteiger partial charge on any atom is -0.386 e. The van der Waals surface area contributed by atoms with E-state index in [4.69, 9.17) is 11.6 Å². The minimum atomic E-state index is -0.627. The number of thiophene rings is 1. The van der Waals surface area contributed by atoms with Gasteiger partial charge in [0.15, 0.2) is 5.96 Å². The maximum Gasteiger partial charge on any atom is 0.191 e. The van der Waals surface area contributed by atoms with Gasteiger partial charge in [0.25, 0.3) is 0 Å². The van der Waals surface area contributed by atoms with E-state index in [9.17, 15) is 5.11 Å². The number of aliphatic hydroxyl groups is 1. The van der Waals surface area contributed by atoms with E-state index in [1.54, 1.807) is 12.3 Å². The van der Waals surface area contributed by atoms with Gasteiger partial charge in [-0.15, -0.1) is 35.3 Å². The Morgan fingerprint density at radius 3 is 2.78 bits per heavy atom. The number of para-hydroxylation sites is 1. The number of aliphatic hydroxyl groups excluding tert-OH is 1. The normalized spacial score (nSPS) is 12.5. The molecule has 3 aromatic rings. The lowest BCUT2D eigenvalue weighted by Crippen LogP contribution is -2.39. The third kappa shape index (κ3) is 6.03. The summed E-state index contributed by atoms with van der Waals surface area (Å²) in [6.45, 7) is 3.64. The van der Waals surface area contributed by atoms with Crippen LogP contribution in [0.2, 0.25) is 4.34 Å². The number of guanidine groups is 1. The number of aromatic nitrogens is 1. The third-order valence-electron chi connectivity index (χ3n) is 3.88. The molecule has 27 heavy (non-hydrogen) atoms. The Bertz CT molecular complexity index is 897. The third-order valence-corrected chi connectivity index (χ3v) is 5.21. The van der Waals surface area contributed by atoms with Gasteiger partial charge in [-0.05, 0) is 36.8 Å². The van der Waals surface area contributed by atoms with Crippen LogP contribution in [0, 0.1) is 0 Å². The molecule has 0 aliphatic carbocycles. The van der Waals surface area contributed by atoms with Gasteiger partial charge in [-0.3, -0.25) is 4.98 Å². The van der Waals surface area contributed by atoms with Gasteiger partial charge in [0.1, 0.15) is 6.10 Å². The van der Waals surface area contributed by atoms with Crippen LogP contribution in [-0.4, -0.2) is 29.1 Å². The van der Waals surface area contributed by atoms with Crippen molar-refractivity contribution in [3.8, 4) is 0 Å². The van der Waals surface area contributed by atoms with Gasteiger partial charge < -0.3 is 15.7 Å². The molecule has 0 bridgehead atoms. The molecule has 2 heterocycles. The number of hydrogen-bond donors (Lipinski definition) is 3. The zero-order valence-electron chi connectivity index (χ0n) is 14.9. The minimum absolute atomic E-state index is 0. The Morgan fingerprint density at radius 1 is 1.22 bits per heavy atom. The molecule has 0 amide bonds. The molecule has 0 spiro atoms. The largest absolute Gasteiger partial charge is 0.386 e. The van der Waals surface area contributed by atoms with Gasteiger partial charge in [-0.2, -0.15) is 0 Å². The summed E-state index contributed by atoms with van der Waals surface area (Å²) in [6.07, 6.45) is 1.18. The maximum atomic E-state index is 10.3. The van der Waals surface area contributed by atoms with Crippen LogP contribution in [0.25, 0.3) is 10.9 Å². The van der Waals surface area contributed by atoms with Crippen molar-refractivity contribution in [1.29, 1.82) is 0 Å². The van der Waals surface area contributed by atoms with Crippen LogP contribution >= 0.6 is 46.9 Å². The van der Waals surface area contributed by atoms with E-state index in [1.807, 2.05) is 37.3 Å². The van der Waals surface area contributed by atoms with Crippen LogP contribution in [0.1, 0.15) is 23.5 Å². The van der Waals surface area contributed by atoms with Crippen molar-refractivity contribution in [2.24, 2.45) is 4.99 Å². The molecular weight excluding hydrogens is 495 g/mol. The van der Waals surface area contributed by atoms with Crippen LogP contribution in [0.15, 0.2) is 53.7 Å². The number of aliphatic imine (C=N–C) groups is 1. The monoisotopic (exact) mass is 516 g/mol. The Morgan fingerprint density at radius 2 is 2.04 bits per heavy atom. The molecule has 0 aliphatic rings. The molecule has 0 saturated carbocycles. The molecular formula is C19H22ClIN4OS. The zero-order valence-corrected chi connectivity index (χ0v) is 18.8. The Kier molecular flexibility index (Phi) is 8.75. The summed E-state index contributed by atoms with van der Waals surface area (Å²) in [5.74, 6) is 0.662. The van der Waals surface area contributed by atoms with Crippen LogP contribution in [0.3, 0.4) is 0 Å². The highest BCUT2D eigenvalue weighted by Gasteiger charge is 2.11. The fourth-order valence-electron chi connectivity index (χ4n) is 2.60. The Balaban J connectivity index is 0.00000261. The molecule has 0 radical (unpaired) electrons. The van der Waals surface area contributed by atoms with Gasteiger partial charge in [-0.25, -0.2) is 4.99 Å². The summed E-state index contributed by atoms with van der Waals surface area (Å²) in [5.41, 5.74) is 2.07. The topological polar surface area (TPSA) is 69.5 Å². The Hall–Kier alpha value is -1.42. The first-order valence-electron chi connectivity index (χ1n) is 8.45. The van der Waals surface area contributed by atoms with E-state index >= 15 is 0 Å². The molecule has 3 rings (SSSR count). The van der Waals surface area contributed by atoms with Gasteiger partial charge in [0, 0.05) is 29.5 Å².